The van der Waals surface area contributed by atoms with Gasteiger partial charge in [0.25, 0.3) is 0 Å². The molecule has 70 valence electrons. The van der Waals surface area contributed by atoms with E-state index in [1.54, 1.807) is 7.11 Å². The lowest BCUT2D eigenvalue weighted by molar-refractivity contribution is 0.0621. The summed E-state index contributed by atoms with van der Waals surface area (Å²) in [6, 6.07) is 0. The van der Waals surface area contributed by atoms with Crippen molar-refractivity contribution in [3.05, 3.63) is 12.3 Å². The maximum Gasteiger partial charge on any atom is 0.0887 e. The molecule has 1 fully saturated rings. The first kappa shape index (κ1) is 9.59. The van der Waals surface area contributed by atoms with Crippen LogP contribution in [0.3, 0.4) is 0 Å². The highest BCUT2D eigenvalue weighted by Gasteiger charge is 2.23. The number of methoxy groups -OCH3 is 1. The SMILES string of the molecule is C=C(CC1CCCCC1O)OC. The molecule has 0 aromatic carbocycles. The fourth-order valence-electron chi connectivity index (χ4n) is 1.80. The number of rotatable bonds is 3. The molecule has 0 amide bonds. The average molecular weight is 170 g/mol. The van der Waals surface area contributed by atoms with Crippen molar-refractivity contribution < 1.29 is 9.84 Å². The van der Waals surface area contributed by atoms with Gasteiger partial charge in [0, 0.05) is 6.42 Å². The van der Waals surface area contributed by atoms with E-state index in [1.165, 1.54) is 6.42 Å². The van der Waals surface area contributed by atoms with Gasteiger partial charge in [0.2, 0.25) is 0 Å². The van der Waals surface area contributed by atoms with Gasteiger partial charge in [0.05, 0.1) is 19.0 Å². The normalized spacial score (nSPS) is 29.8. The van der Waals surface area contributed by atoms with Gasteiger partial charge in [-0.1, -0.05) is 19.4 Å². The molecule has 0 aliphatic heterocycles. The Morgan fingerprint density at radius 3 is 2.75 bits per heavy atom. The molecule has 2 heteroatoms. The van der Waals surface area contributed by atoms with Crippen LogP contribution in [0.5, 0.6) is 0 Å². The summed E-state index contributed by atoms with van der Waals surface area (Å²) in [7, 11) is 1.64. The van der Waals surface area contributed by atoms with Gasteiger partial charge >= 0.3 is 0 Å². The minimum atomic E-state index is -0.134. The van der Waals surface area contributed by atoms with Gasteiger partial charge in [0.1, 0.15) is 0 Å². The second kappa shape index (κ2) is 4.51. The highest BCUT2D eigenvalue weighted by atomic mass is 16.5. The summed E-state index contributed by atoms with van der Waals surface area (Å²) in [5.74, 6) is 1.17. The Morgan fingerprint density at radius 2 is 2.17 bits per heavy atom. The van der Waals surface area contributed by atoms with E-state index in [-0.39, 0.29) is 6.10 Å². The molecule has 1 saturated carbocycles. The quantitative estimate of drug-likeness (QED) is 0.657. The van der Waals surface area contributed by atoms with Crippen LogP contribution in [0, 0.1) is 5.92 Å². The number of aliphatic hydroxyl groups excluding tert-OH is 1. The lowest BCUT2D eigenvalue weighted by Crippen LogP contribution is -2.24. The van der Waals surface area contributed by atoms with Gasteiger partial charge in [-0.2, -0.15) is 0 Å². The van der Waals surface area contributed by atoms with Crippen LogP contribution in [-0.4, -0.2) is 18.3 Å². The zero-order valence-electron chi connectivity index (χ0n) is 7.75. The van der Waals surface area contributed by atoms with Crippen LogP contribution in [0.25, 0.3) is 0 Å². The zero-order chi connectivity index (χ0) is 8.97. The standard InChI is InChI=1S/C10H18O2/c1-8(12-2)7-9-5-3-4-6-10(9)11/h9-11H,1,3-7H2,2H3. The van der Waals surface area contributed by atoms with Crippen LogP contribution in [0.2, 0.25) is 0 Å². The maximum absolute atomic E-state index is 9.62. The highest BCUT2D eigenvalue weighted by molar-refractivity contribution is 4.88. The number of ether oxygens (including phenoxy) is 1. The van der Waals surface area contributed by atoms with E-state index in [2.05, 4.69) is 6.58 Å². The van der Waals surface area contributed by atoms with Crippen LogP contribution in [-0.2, 0) is 4.74 Å². The van der Waals surface area contributed by atoms with Gasteiger partial charge < -0.3 is 9.84 Å². The van der Waals surface area contributed by atoms with Crippen molar-refractivity contribution in [2.24, 2.45) is 5.92 Å². The summed E-state index contributed by atoms with van der Waals surface area (Å²) in [6.07, 6.45) is 5.14. The molecular weight excluding hydrogens is 152 g/mol. The molecule has 1 aliphatic rings. The number of hydrogen-bond donors (Lipinski definition) is 1. The van der Waals surface area contributed by atoms with Gasteiger partial charge in [-0.05, 0) is 18.8 Å². The summed E-state index contributed by atoms with van der Waals surface area (Å²) in [6.45, 7) is 3.77. The van der Waals surface area contributed by atoms with E-state index in [9.17, 15) is 5.11 Å². The predicted molar refractivity (Wildman–Crippen MR) is 48.7 cm³/mol. The largest absolute Gasteiger partial charge is 0.502 e. The van der Waals surface area contributed by atoms with Crippen molar-refractivity contribution in [1.29, 1.82) is 0 Å². The van der Waals surface area contributed by atoms with Crippen LogP contribution < -0.4 is 0 Å². The van der Waals surface area contributed by atoms with Crippen LogP contribution >= 0.6 is 0 Å². The van der Waals surface area contributed by atoms with Crippen LogP contribution in [0.4, 0.5) is 0 Å². The van der Waals surface area contributed by atoms with E-state index in [0.29, 0.717) is 5.92 Å². The second-order valence-corrected chi connectivity index (χ2v) is 3.56. The Labute approximate surface area is 74.2 Å². The molecule has 0 radical (unpaired) electrons. The molecule has 1 rings (SSSR count). The summed E-state index contributed by atoms with van der Waals surface area (Å²) in [5.41, 5.74) is 0. The summed E-state index contributed by atoms with van der Waals surface area (Å²) in [5, 5.41) is 9.62. The van der Waals surface area contributed by atoms with Crippen molar-refractivity contribution in [2.45, 2.75) is 38.2 Å². The predicted octanol–water partition coefficient (Wildman–Crippen LogP) is 2.09. The molecule has 2 unspecified atom stereocenters. The molecule has 0 spiro atoms. The summed E-state index contributed by atoms with van der Waals surface area (Å²) in [4.78, 5) is 0. The molecule has 0 saturated heterocycles. The van der Waals surface area contributed by atoms with Gasteiger partial charge in [0.15, 0.2) is 0 Å². The Morgan fingerprint density at radius 1 is 1.50 bits per heavy atom. The van der Waals surface area contributed by atoms with E-state index in [4.69, 9.17) is 4.74 Å². The van der Waals surface area contributed by atoms with Crippen LogP contribution in [0.15, 0.2) is 12.3 Å². The first-order chi connectivity index (χ1) is 5.74. The summed E-state index contributed by atoms with van der Waals surface area (Å²) < 4.78 is 5.00. The molecule has 2 atom stereocenters. The molecule has 1 N–H and O–H groups in total. The van der Waals surface area contributed by atoms with E-state index in [0.717, 1.165) is 31.4 Å². The average Bonchev–Trinajstić information content (AvgIpc) is 2.09. The Hall–Kier alpha value is -0.500. The second-order valence-electron chi connectivity index (χ2n) is 3.56. The molecular formula is C10H18O2. The zero-order valence-corrected chi connectivity index (χ0v) is 7.75. The molecule has 0 aromatic heterocycles. The molecule has 0 heterocycles. The Balaban J connectivity index is 2.33. The molecule has 1 aliphatic carbocycles. The van der Waals surface area contributed by atoms with Crippen molar-refractivity contribution in [2.75, 3.05) is 7.11 Å². The smallest absolute Gasteiger partial charge is 0.0887 e. The van der Waals surface area contributed by atoms with Gasteiger partial charge in [-0.15, -0.1) is 0 Å². The van der Waals surface area contributed by atoms with Crippen LogP contribution in [0.1, 0.15) is 32.1 Å². The number of allylic oxidation sites excluding steroid dienone is 1. The van der Waals surface area contributed by atoms with Gasteiger partial charge in [-0.25, -0.2) is 0 Å². The Bertz CT molecular complexity index is 154. The molecule has 12 heavy (non-hydrogen) atoms. The fraction of sp³-hybridized carbons (Fsp3) is 0.800. The summed E-state index contributed by atoms with van der Waals surface area (Å²) >= 11 is 0. The van der Waals surface area contributed by atoms with Gasteiger partial charge in [-0.3, -0.25) is 0 Å². The first-order valence-corrected chi connectivity index (χ1v) is 4.64. The molecule has 2 nitrogen and oxygen atoms in total. The minimum Gasteiger partial charge on any atom is -0.502 e. The topological polar surface area (TPSA) is 29.5 Å². The monoisotopic (exact) mass is 170 g/mol. The lowest BCUT2D eigenvalue weighted by atomic mass is 9.84. The van der Waals surface area contributed by atoms with Crippen molar-refractivity contribution in [3.8, 4) is 0 Å². The lowest BCUT2D eigenvalue weighted by Gasteiger charge is -2.27. The number of aliphatic hydroxyl groups is 1. The fourth-order valence-corrected chi connectivity index (χ4v) is 1.80. The van der Waals surface area contributed by atoms with Crippen molar-refractivity contribution >= 4 is 0 Å². The number of hydrogen-bond acceptors (Lipinski definition) is 2. The maximum atomic E-state index is 9.62. The third-order valence-corrected chi connectivity index (χ3v) is 2.65. The third kappa shape index (κ3) is 2.52. The molecule has 0 bridgehead atoms. The van der Waals surface area contributed by atoms with Crippen molar-refractivity contribution in [1.82, 2.24) is 0 Å². The van der Waals surface area contributed by atoms with E-state index >= 15 is 0 Å². The van der Waals surface area contributed by atoms with E-state index in [1.807, 2.05) is 0 Å². The molecule has 0 aromatic rings. The van der Waals surface area contributed by atoms with E-state index < -0.39 is 0 Å². The third-order valence-electron chi connectivity index (χ3n) is 2.65. The Kier molecular flexibility index (Phi) is 3.60. The minimum absolute atomic E-state index is 0.134. The first-order valence-electron chi connectivity index (χ1n) is 4.64. The van der Waals surface area contributed by atoms with Crippen molar-refractivity contribution in [3.63, 3.8) is 0 Å². The highest BCUT2D eigenvalue weighted by Crippen LogP contribution is 2.28.